The normalized spacial score (nSPS) is 17.2. The molecule has 3 nitrogen and oxygen atoms in total. The van der Waals surface area contributed by atoms with Crippen molar-refractivity contribution in [3.05, 3.63) is 110 Å². The number of halogens is 3. The predicted molar refractivity (Wildman–Crippen MR) is 132 cm³/mol. The number of hydrogen-bond acceptors (Lipinski definition) is 3. The lowest BCUT2D eigenvalue weighted by Crippen LogP contribution is -2.19. The van der Waals surface area contributed by atoms with Gasteiger partial charge in [-0.25, -0.2) is 0 Å². The molecular weight excluding hydrogens is 528 g/mol. The predicted octanol–water partition coefficient (Wildman–Crippen LogP) is 7.31. The summed E-state index contributed by atoms with van der Waals surface area (Å²) in [5.41, 5.74) is 3.92. The van der Waals surface area contributed by atoms with Crippen LogP contribution in [0.4, 0.5) is 11.4 Å². The third kappa shape index (κ3) is 5.04. The Morgan fingerprint density at radius 3 is 1.97 bits per heavy atom. The molecule has 1 aliphatic carbocycles. The maximum absolute atomic E-state index is 13.2. The Morgan fingerprint density at radius 1 is 0.800 bits per heavy atom. The summed E-state index contributed by atoms with van der Waals surface area (Å²) in [6.45, 7) is 0. The first-order valence-corrected chi connectivity index (χ1v) is 11.2. The van der Waals surface area contributed by atoms with Gasteiger partial charge in [-0.2, -0.15) is 0 Å². The van der Waals surface area contributed by atoms with Crippen molar-refractivity contribution < 1.29 is 4.79 Å². The zero-order chi connectivity index (χ0) is 21.1. The molecule has 0 heterocycles. The average molecular weight is 545 g/mol. The van der Waals surface area contributed by atoms with Crippen molar-refractivity contribution in [3.8, 4) is 0 Å². The van der Waals surface area contributed by atoms with Crippen LogP contribution in [0.15, 0.2) is 99.1 Å². The fraction of sp³-hybridized carbons (Fsp3) is 0.0417. The van der Waals surface area contributed by atoms with E-state index in [9.17, 15) is 4.79 Å². The Kier molecular flexibility index (Phi) is 6.42. The van der Waals surface area contributed by atoms with Crippen molar-refractivity contribution in [3.63, 3.8) is 0 Å². The first-order valence-electron chi connectivity index (χ1n) is 9.26. The van der Waals surface area contributed by atoms with Gasteiger partial charge in [-0.15, -0.1) is 0 Å². The van der Waals surface area contributed by atoms with E-state index in [1.807, 2.05) is 84.9 Å². The largest absolute Gasteiger partial charge is 0.374 e. The van der Waals surface area contributed by atoms with E-state index in [1.54, 1.807) is 0 Å². The van der Waals surface area contributed by atoms with Gasteiger partial charge in [-0.05, 0) is 78.4 Å². The molecule has 2 N–H and O–H groups in total. The van der Waals surface area contributed by atoms with E-state index in [0.717, 1.165) is 25.9 Å². The van der Waals surface area contributed by atoms with Gasteiger partial charge >= 0.3 is 0 Å². The highest BCUT2D eigenvalue weighted by molar-refractivity contribution is 9.10. The summed E-state index contributed by atoms with van der Waals surface area (Å²) >= 11 is 12.9. The van der Waals surface area contributed by atoms with Crippen LogP contribution in [0.3, 0.4) is 0 Å². The van der Waals surface area contributed by atoms with Crippen LogP contribution in [0.1, 0.15) is 5.56 Å². The van der Waals surface area contributed by atoms with Crippen LogP contribution in [0.5, 0.6) is 0 Å². The third-order valence-corrected chi connectivity index (χ3v) is 5.97. The molecule has 0 fully saturated rings. The summed E-state index contributed by atoms with van der Waals surface area (Å²) in [6.07, 6.45) is 3.83. The van der Waals surface area contributed by atoms with Crippen molar-refractivity contribution >= 4 is 66.7 Å². The zero-order valence-electron chi connectivity index (χ0n) is 15.7. The van der Waals surface area contributed by atoms with E-state index >= 15 is 0 Å². The summed E-state index contributed by atoms with van der Waals surface area (Å²) < 4.78 is 1.98. The van der Waals surface area contributed by atoms with Crippen LogP contribution in [0, 0.1) is 0 Å². The molecule has 3 aromatic carbocycles. The number of benzene rings is 3. The molecule has 6 heteroatoms. The summed E-state index contributed by atoms with van der Waals surface area (Å²) in [4.78, 5) is 13.2. The molecule has 0 aromatic heterocycles. The van der Waals surface area contributed by atoms with Crippen LogP contribution >= 0.6 is 43.5 Å². The number of anilines is 2. The monoisotopic (exact) mass is 542 g/mol. The van der Waals surface area contributed by atoms with E-state index < -0.39 is 0 Å². The minimum absolute atomic E-state index is 0.0394. The lowest BCUT2D eigenvalue weighted by atomic mass is 10.0. The number of rotatable bonds is 5. The minimum Gasteiger partial charge on any atom is -0.374 e. The van der Waals surface area contributed by atoms with Crippen molar-refractivity contribution in [2.75, 3.05) is 10.6 Å². The van der Waals surface area contributed by atoms with Crippen molar-refractivity contribution in [1.29, 1.82) is 0 Å². The van der Waals surface area contributed by atoms with Gasteiger partial charge < -0.3 is 10.6 Å². The van der Waals surface area contributed by atoms with Crippen LogP contribution in [0.25, 0.3) is 6.08 Å². The first-order chi connectivity index (χ1) is 14.5. The van der Waals surface area contributed by atoms with E-state index in [0.29, 0.717) is 16.3 Å². The molecule has 0 spiro atoms. The standard InChI is InChI=1S/C24H17Br2ClN2O/c25-16-3-9-19(10-4-16)28-22-14-23(29-20-11-5-17(26)6-12-20)24(30)21(22)13-15-1-7-18(27)8-2-15/h1-14,22,28-29H. The van der Waals surface area contributed by atoms with Gasteiger partial charge in [-0.1, -0.05) is 55.6 Å². The molecule has 3 aromatic rings. The Bertz CT molecular complexity index is 1120. The minimum atomic E-state index is -0.257. The van der Waals surface area contributed by atoms with Crippen LogP contribution in [-0.4, -0.2) is 11.8 Å². The van der Waals surface area contributed by atoms with Crippen LogP contribution in [-0.2, 0) is 4.79 Å². The van der Waals surface area contributed by atoms with Crippen molar-refractivity contribution in [2.24, 2.45) is 0 Å². The quantitative estimate of drug-likeness (QED) is 0.331. The molecule has 0 amide bonds. The summed E-state index contributed by atoms with van der Waals surface area (Å²) in [5.74, 6) is -0.0394. The maximum atomic E-state index is 13.2. The van der Waals surface area contributed by atoms with Gasteiger partial charge in [0, 0.05) is 30.9 Å². The molecule has 150 valence electrons. The molecule has 1 unspecified atom stereocenters. The topological polar surface area (TPSA) is 41.1 Å². The molecule has 0 saturated carbocycles. The fourth-order valence-corrected chi connectivity index (χ4v) is 3.81. The highest BCUT2D eigenvalue weighted by Crippen LogP contribution is 2.29. The number of ketones is 1. The Morgan fingerprint density at radius 2 is 1.37 bits per heavy atom. The number of allylic oxidation sites excluding steroid dienone is 1. The molecule has 4 rings (SSSR count). The van der Waals surface area contributed by atoms with E-state index in [-0.39, 0.29) is 11.8 Å². The number of Topliss-reactive ketones (excluding diaryl/α,β-unsaturated/α-hetero) is 1. The highest BCUT2D eigenvalue weighted by atomic mass is 79.9. The van der Waals surface area contributed by atoms with Gasteiger partial charge in [0.15, 0.2) is 0 Å². The zero-order valence-corrected chi connectivity index (χ0v) is 19.6. The Hall–Kier alpha value is -2.34. The third-order valence-electron chi connectivity index (χ3n) is 4.66. The molecule has 0 radical (unpaired) electrons. The molecule has 0 aliphatic heterocycles. The molecule has 0 bridgehead atoms. The lowest BCUT2D eigenvalue weighted by molar-refractivity contribution is -0.111. The van der Waals surface area contributed by atoms with Crippen LogP contribution in [0.2, 0.25) is 5.02 Å². The fourth-order valence-electron chi connectivity index (χ4n) is 3.16. The molecule has 1 aliphatic rings. The molecule has 30 heavy (non-hydrogen) atoms. The number of carbonyl (C=O) groups is 1. The molecule has 0 saturated heterocycles. The number of carbonyl (C=O) groups excluding carboxylic acids is 1. The van der Waals surface area contributed by atoms with Gasteiger partial charge in [0.25, 0.3) is 0 Å². The Balaban J connectivity index is 1.65. The first kappa shape index (κ1) is 20.9. The van der Waals surface area contributed by atoms with E-state index in [1.165, 1.54) is 0 Å². The second kappa shape index (κ2) is 9.21. The SMILES string of the molecule is O=C1C(Nc2ccc(Br)cc2)=CC(Nc2ccc(Br)cc2)C1=Cc1ccc(Cl)cc1. The maximum Gasteiger partial charge on any atom is 0.207 e. The van der Waals surface area contributed by atoms with E-state index in [2.05, 4.69) is 42.5 Å². The van der Waals surface area contributed by atoms with E-state index in [4.69, 9.17) is 11.6 Å². The average Bonchev–Trinajstić information content (AvgIpc) is 3.02. The highest BCUT2D eigenvalue weighted by Gasteiger charge is 2.30. The lowest BCUT2D eigenvalue weighted by Gasteiger charge is -2.14. The summed E-state index contributed by atoms with van der Waals surface area (Å²) in [6, 6.07) is 22.8. The van der Waals surface area contributed by atoms with Gasteiger partial charge in [0.1, 0.15) is 0 Å². The Labute approximate surface area is 197 Å². The van der Waals surface area contributed by atoms with Crippen molar-refractivity contribution in [1.82, 2.24) is 0 Å². The number of hydrogen-bond donors (Lipinski definition) is 2. The van der Waals surface area contributed by atoms with Gasteiger partial charge in [0.05, 0.1) is 11.7 Å². The van der Waals surface area contributed by atoms with Gasteiger partial charge in [0.2, 0.25) is 5.78 Å². The molecular formula is C24H17Br2ClN2O. The van der Waals surface area contributed by atoms with Crippen LogP contribution < -0.4 is 10.6 Å². The smallest absolute Gasteiger partial charge is 0.207 e. The van der Waals surface area contributed by atoms with Crippen molar-refractivity contribution in [2.45, 2.75) is 6.04 Å². The summed E-state index contributed by atoms with van der Waals surface area (Å²) in [5, 5.41) is 7.36. The summed E-state index contributed by atoms with van der Waals surface area (Å²) in [7, 11) is 0. The second-order valence-corrected chi connectivity index (χ2v) is 9.09. The second-order valence-electron chi connectivity index (χ2n) is 6.82. The molecule has 1 atom stereocenters. The number of nitrogens with one attached hydrogen (secondary N) is 2. The van der Waals surface area contributed by atoms with Gasteiger partial charge in [-0.3, -0.25) is 4.79 Å².